The number of hydrogen-bond donors (Lipinski definition) is 1. The lowest BCUT2D eigenvalue weighted by Gasteiger charge is -2.28. The Kier molecular flexibility index (Phi) is 6.12. The van der Waals surface area contributed by atoms with E-state index in [2.05, 4.69) is 5.32 Å². The summed E-state index contributed by atoms with van der Waals surface area (Å²) in [7, 11) is 0. The van der Waals surface area contributed by atoms with Gasteiger partial charge in [0.25, 0.3) is 17.5 Å². The number of rotatable bonds is 5. The maximum absolute atomic E-state index is 13.2. The Labute approximate surface area is 219 Å². The first-order valence-electron chi connectivity index (χ1n) is 10.7. The van der Waals surface area contributed by atoms with Crippen LogP contribution < -0.4 is 10.2 Å². The van der Waals surface area contributed by atoms with Gasteiger partial charge in [0.05, 0.1) is 10.6 Å². The van der Waals surface area contributed by atoms with E-state index < -0.39 is 22.5 Å². The van der Waals surface area contributed by atoms with Crippen LogP contribution in [0.5, 0.6) is 0 Å². The second-order valence-corrected chi connectivity index (χ2v) is 8.80. The van der Waals surface area contributed by atoms with Crippen molar-refractivity contribution in [1.29, 1.82) is 0 Å². The zero-order chi connectivity index (χ0) is 26.3. The van der Waals surface area contributed by atoms with Gasteiger partial charge in [0.15, 0.2) is 10.9 Å². The molecule has 1 aliphatic heterocycles. The number of amides is 2. The number of fused-ring (bicyclic) bond motifs is 1. The van der Waals surface area contributed by atoms with Gasteiger partial charge in [0, 0.05) is 28.1 Å². The molecular formula is C26H14ClN3O6S. The highest BCUT2D eigenvalue weighted by Gasteiger charge is 2.34. The lowest BCUT2D eigenvalue weighted by atomic mass is 10.0. The number of nitro groups is 1. The highest BCUT2D eigenvalue weighted by Crippen LogP contribution is 2.27. The van der Waals surface area contributed by atoms with Gasteiger partial charge in [-0.3, -0.25) is 34.7 Å². The smallest absolute Gasteiger partial charge is 0.270 e. The van der Waals surface area contributed by atoms with Crippen molar-refractivity contribution in [3.8, 4) is 0 Å². The third-order valence-corrected chi connectivity index (χ3v) is 6.12. The number of nitrogens with one attached hydrogen (secondary N) is 1. The first kappa shape index (κ1) is 24.0. The van der Waals surface area contributed by atoms with Crippen molar-refractivity contribution in [2.24, 2.45) is 0 Å². The van der Waals surface area contributed by atoms with E-state index in [-0.39, 0.29) is 27.7 Å². The lowest BCUT2D eigenvalue weighted by molar-refractivity contribution is -0.384. The number of anilines is 1. The lowest BCUT2D eigenvalue weighted by Crippen LogP contribution is -2.54. The highest BCUT2D eigenvalue weighted by atomic mass is 35.5. The summed E-state index contributed by atoms with van der Waals surface area (Å²) in [6.45, 7) is 0. The number of ketones is 1. The molecule has 0 atom stereocenters. The standard InChI is InChI=1S/C26H14ClN3O6S/c27-17-5-7-18(8-6-17)29-25(33)20(24(32)28-26(29)37)11-14-4-9-21-16(10-14)13-22(36-21)23(31)15-2-1-3-19(12-15)30(34)35/h1-13H,(H,28,32,37). The summed E-state index contributed by atoms with van der Waals surface area (Å²) in [4.78, 5) is 50.3. The number of carbonyl (C=O) groups is 3. The predicted molar refractivity (Wildman–Crippen MR) is 140 cm³/mol. The Morgan fingerprint density at radius 1 is 1.05 bits per heavy atom. The molecule has 3 aromatic carbocycles. The summed E-state index contributed by atoms with van der Waals surface area (Å²) in [5.74, 6) is -1.78. The highest BCUT2D eigenvalue weighted by molar-refractivity contribution is 7.80. The normalized spacial score (nSPS) is 14.8. The molecule has 0 unspecified atom stereocenters. The minimum Gasteiger partial charge on any atom is -0.453 e. The third kappa shape index (κ3) is 4.63. The van der Waals surface area contributed by atoms with Gasteiger partial charge >= 0.3 is 0 Å². The van der Waals surface area contributed by atoms with Crippen LogP contribution in [0.2, 0.25) is 5.02 Å². The number of non-ortho nitro benzene ring substituents is 1. The van der Waals surface area contributed by atoms with Crippen molar-refractivity contribution in [2.75, 3.05) is 4.90 Å². The van der Waals surface area contributed by atoms with Crippen molar-refractivity contribution in [3.63, 3.8) is 0 Å². The number of nitrogens with zero attached hydrogens (tertiary/aromatic N) is 2. The molecule has 182 valence electrons. The van der Waals surface area contributed by atoms with Crippen LogP contribution in [0.4, 0.5) is 11.4 Å². The Morgan fingerprint density at radius 2 is 1.81 bits per heavy atom. The maximum atomic E-state index is 13.2. The van der Waals surface area contributed by atoms with Crippen LogP contribution in [0, 0.1) is 10.1 Å². The van der Waals surface area contributed by atoms with Gasteiger partial charge < -0.3 is 4.42 Å². The number of benzene rings is 3. The number of hydrogen-bond acceptors (Lipinski definition) is 7. The number of halogens is 1. The Bertz CT molecular complexity index is 1680. The topological polar surface area (TPSA) is 123 Å². The van der Waals surface area contributed by atoms with Gasteiger partial charge in [-0.15, -0.1) is 0 Å². The Morgan fingerprint density at radius 3 is 2.54 bits per heavy atom. The maximum Gasteiger partial charge on any atom is 0.270 e. The molecule has 0 aliphatic carbocycles. The van der Waals surface area contributed by atoms with Crippen molar-refractivity contribution in [3.05, 3.63) is 110 Å². The first-order valence-corrected chi connectivity index (χ1v) is 11.5. The second-order valence-electron chi connectivity index (χ2n) is 7.98. The molecule has 0 radical (unpaired) electrons. The van der Waals surface area contributed by atoms with E-state index in [0.29, 0.717) is 27.2 Å². The van der Waals surface area contributed by atoms with Crippen molar-refractivity contribution < 1.29 is 23.7 Å². The van der Waals surface area contributed by atoms with Crippen molar-refractivity contribution in [1.82, 2.24) is 5.32 Å². The third-order valence-electron chi connectivity index (χ3n) is 5.58. The fraction of sp³-hybridized carbons (Fsp3) is 0. The van der Waals surface area contributed by atoms with Gasteiger partial charge in [-0.05, 0) is 66.3 Å². The van der Waals surface area contributed by atoms with Crippen LogP contribution in [0.3, 0.4) is 0 Å². The summed E-state index contributed by atoms with van der Waals surface area (Å²) >= 11 is 11.1. The average Bonchev–Trinajstić information content (AvgIpc) is 3.30. The fourth-order valence-corrected chi connectivity index (χ4v) is 4.22. The van der Waals surface area contributed by atoms with Crippen LogP contribution >= 0.6 is 23.8 Å². The van der Waals surface area contributed by atoms with Gasteiger partial charge in [0.2, 0.25) is 5.78 Å². The van der Waals surface area contributed by atoms with Gasteiger partial charge in [-0.1, -0.05) is 29.8 Å². The van der Waals surface area contributed by atoms with E-state index in [9.17, 15) is 24.5 Å². The Hall–Kier alpha value is -4.67. The van der Waals surface area contributed by atoms with E-state index >= 15 is 0 Å². The minimum atomic E-state index is -0.644. The van der Waals surface area contributed by atoms with Crippen LogP contribution in [0.15, 0.2) is 82.8 Å². The molecule has 9 nitrogen and oxygen atoms in total. The molecule has 11 heteroatoms. The molecule has 5 rings (SSSR count). The van der Waals surface area contributed by atoms with Crippen LogP contribution in [0.25, 0.3) is 17.0 Å². The summed E-state index contributed by atoms with van der Waals surface area (Å²) in [5.41, 5.74) is 1.10. The van der Waals surface area contributed by atoms with E-state index in [1.54, 1.807) is 42.5 Å². The zero-order valence-electron chi connectivity index (χ0n) is 18.6. The monoisotopic (exact) mass is 531 g/mol. The van der Waals surface area contributed by atoms with E-state index in [1.165, 1.54) is 41.3 Å². The predicted octanol–water partition coefficient (Wildman–Crippen LogP) is 5.06. The van der Waals surface area contributed by atoms with E-state index in [0.717, 1.165) is 0 Å². The summed E-state index contributed by atoms with van der Waals surface area (Å²) < 4.78 is 5.65. The average molecular weight is 532 g/mol. The number of carbonyl (C=O) groups excluding carboxylic acids is 3. The first-order chi connectivity index (χ1) is 17.7. The van der Waals surface area contributed by atoms with E-state index in [1.807, 2.05) is 0 Å². The molecule has 1 N–H and O–H groups in total. The Balaban J connectivity index is 1.47. The molecule has 37 heavy (non-hydrogen) atoms. The number of nitro benzene ring substituents is 1. The molecular weight excluding hydrogens is 518 g/mol. The molecule has 0 bridgehead atoms. The van der Waals surface area contributed by atoms with Gasteiger partial charge in [-0.25, -0.2) is 0 Å². The molecule has 1 fully saturated rings. The summed E-state index contributed by atoms with van der Waals surface area (Å²) in [6.07, 6.45) is 1.41. The summed E-state index contributed by atoms with van der Waals surface area (Å²) in [6, 6.07) is 18.1. The number of furan rings is 1. The molecule has 2 amide bonds. The minimum absolute atomic E-state index is 0.00829. The van der Waals surface area contributed by atoms with E-state index in [4.69, 9.17) is 28.2 Å². The molecule has 2 heterocycles. The molecule has 0 spiro atoms. The van der Waals surface area contributed by atoms with Crippen molar-refractivity contribution in [2.45, 2.75) is 0 Å². The molecule has 4 aromatic rings. The molecule has 1 saturated heterocycles. The number of thiocarbonyl (C=S) groups is 1. The largest absolute Gasteiger partial charge is 0.453 e. The summed E-state index contributed by atoms with van der Waals surface area (Å²) in [5, 5.41) is 14.5. The molecule has 1 aromatic heterocycles. The SMILES string of the molecule is O=C1NC(=S)N(c2ccc(Cl)cc2)C(=O)C1=Cc1ccc2oc(C(=O)c3cccc([N+](=O)[O-])c3)cc2c1. The molecule has 1 aliphatic rings. The molecule has 0 saturated carbocycles. The quantitative estimate of drug-likeness (QED) is 0.0953. The van der Waals surface area contributed by atoms with Crippen LogP contribution in [-0.4, -0.2) is 27.6 Å². The second kappa shape index (κ2) is 9.41. The van der Waals surface area contributed by atoms with Crippen LogP contribution in [-0.2, 0) is 9.59 Å². The van der Waals surface area contributed by atoms with Gasteiger partial charge in [0.1, 0.15) is 11.2 Å². The fourth-order valence-electron chi connectivity index (χ4n) is 3.82. The van der Waals surface area contributed by atoms with Gasteiger partial charge in [-0.2, -0.15) is 0 Å². The zero-order valence-corrected chi connectivity index (χ0v) is 20.2. The van der Waals surface area contributed by atoms with Crippen LogP contribution in [0.1, 0.15) is 21.7 Å². The van der Waals surface area contributed by atoms with Crippen molar-refractivity contribution >= 4 is 74.9 Å².